The summed E-state index contributed by atoms with van der Waals surface area (Å²) in [4.78, 5) is 11.2. The van der Waals surface area contributed by atoms with Gasteiger partial charge in [0.05, 0.1) is 5.69 Å². The summed E-state index contributed by atoms with van der Waals surface area (Å²) in [6.45, 7) is 6.34. The topological polar surface area (TPSA) is 109 Å². The molecule has 0 aliphatic carbocycles. The maximum Gasteiger partial charge on any atom is 0.205 e. The van der Waals surface area contributed by atoms with Crippen LogP contribution in [-0.2, 0) is 13.0 Å². The first-order valence-electron chi connectivity index (χ1n) is 13.1. The highest BCUT2D eigenvalue weighted by Gasteiger charge is 2.19. The molecule has 0 aliphatic heterocycles. The van der Waals surface area contributed by atoms with E-state index in [2.05, 4.69) is 85.4 Å². The first-order chi connectivity index (χ1) is 19.4. The summed E-state index contributed by atoms with van der Waals surface area (Å²) in [7, 11) is 4.02. The zero-order chi connectivity index (χ0) is 28.2. The Morgan fingerprint density at radius 1 is 1.05 bits per heavy atom. The number of pyridine rings is 1. The predicted molar refractivity (Wildman–Crippen MR) is 159 cm³/mol. The molecule has 0 fully saturated rings. The molecule has 3 aromatic heterocycles. The van der Waals surface area contributed by atoms with Crippen LogP contribution >= 0.6 is 11.6 Å². The first-order valence-corrected chi connectivity index (χ1v) is 13.5. The van der Waals surface area contributed by atoms with Crippen molar-refractivity contribution in [3.05, 3.63) is 89.6 Å². The zero-order valence-electron chi connectivity index (χ0n) is 22.8. The number of aliphatic hydroxyl groups is 1. The van der Waals surface area contributed by atoms with E-state index in [9.17, 15) is 5.11 Å². The normalized spacial score (nSPS) is 11.1. The largest absolute Gasteiger partial charge is 0.506 e. The molecule has 204 valence electrons. The number of rotatable bonds is 10. The molecule has 5 rings (SSSR count). The van der Waals surface area contributed by atoms with Gasteiger partial charge in [-0.2, -0.15) is 5.21 Å². The molecule has 0 spiro atoms. The highest BCUT2D eigenvalue weighted by molar-refractivity contribution is 6.30. The molecule has 0 unspecified atom stereocenters. The lowest BCUT2D eigenvalue weighted by atomic mass is 9.95. The molecule has 0 bridgehead atoms. The molecular weight excluding hydrogens is 524 g/mol. The number of halogens is 1. The molecule has 2 aromatic carbocycles. The van der Waals surface area contributed by atoms with Crippen molar-refractivity contribution in [2.24, 2.45) is 0 Å². The number of aromatic amines is 1. The molecule has 3 heterocycles. The van der Waals surface area contributed by atoms with Gasteiger partial charge in [-0.15, -0.1) is 10.2 Å². The van der Waals surface area contributed by atoms with Crippen LogP contribution in [0, 0.1) is 0 Å². The van der Waals surface area contributed by atoms with Gasteiger partial charge in [0.2, 0.25) is 5.82 Å². The summed E-state index contributed by atoms with van der Waals surface area (Å²) in [6.07, 6.45) is 4.60. The minimum Gasteiger partial charge on any atom is -0.506 e. The monoisotopic (exact) mass is 554 g/mol. The number of unbranched alkanes of at least 4 members (excludes halogenated alkanes) is 1. The lowest BCUT2D eigenvalue weighted by Gasteiger charge is -2.15. The van der Waals surface area contributed by atoms with E-state index in [4.69, 9.17) is 11.6 Å². The number of hydrogen-bond acceptors (Lipinski definition) is 7. The van der Waals surface area contributed by atoms with E-state index in [1.165, 1.54) is 0 Å². The van der Waals surface area contributed by atoms with Crippen molar-refractivity contribution < 1.29 is 5.11 Å². The molecule has 0 aliphatic rings. The van der Waals surface area contributed by atoms with Crippen molar-refractivity contribution in [2.45, 2.75) is 32.7 Å². The van der Waals surface area contributed by atoms with Crippen molar-refractivity contribution in [1.82, 2.24) is 35.2 Å². The average molecular weight is 555 g/mol. The van der Waals surface area contributed by atoms with Gasteiger partial charge in [0.15, 0.2) is 5.15 Å². The number of H-pyrrole nitrogens is 1. The summed E-state index contributed by atoms with van der Waals surface area (Å²) in [5, 5.41) is 25.2. The van der Waals surface area contributed by atoms with Gasteiger partial charge in [-0.3, -0.25) is 4.98 Å². The molecule has 5 aromatic rings. The number of nitrogens with one attached hydrogen (secondary N) is 1. The van der Waals surface area contributed by atoms with Gasteiger partial charge in [-0.1, -0.05) is 61.9 Å². The van der Waals surface area contributed by atoms with Crippen molar-refractivity contribution in [3.63, 3.8) is 0 Å². The van der Waals surface area contributed by atoms with E-state index in [0.29, 0.717) is 18.1 Å². The minimum absolute atomic E-state index is 0.0922. The molecule has 10 heteroatoms. The number of aromatic nitrogens is 7. The van der Waals surface area contributed by atoms with Gasteiger partial charge in [-0.05, 0) is 52.6 Å². The highest BCUT2D eigenvalue weighted by atomic mass is 35.5. The van der Waals surface area contributed by atoms with Crippen LogP contribution in [0.4, 0.5) is 5.69 Å². The maximum absolute atomic E-state index is 10.2. The van der Waals surface area contributed by atoms with Crippen molar-refractivity contribution >= 4 is 23.0 Å². The van der Waals surface area contributed by atoms with Crippen LogP contribution in [0.15, 0.2) is 67.4 Å². The van der Waals surface area contributed by atoms with E-state index in [1.807, 2.05) is 43.1 Å². The Bertz CT molecular complexity index is 1620. The smallest absolute Gasteiger partial charge is 0.205 e. The lowest BCUT2D eigenvalue weighted by Crippen LogP contribution is -2.09. The number of hydrogen-bond donors (Lipinski definition) is 2. The minimum atomic E-state index is -0.0922. The quantitative estimate of drug-likeness (QED) is 0.191. The number of tetrazole rings is 1. The third-order valence-corrected chi connectivity index (χ3v) is 7.06. The number of imidazole rings is 1. The third-order valence-electron chi connectivity index (χ3n) is 6.80. The molecule has 0 atom stereocenters. The fourth-order valence-corrected chi connectivity index (χ4v) is 4.99. The Labute approximate surface area is 238 Å². The number of nitrogens with zero attached hydrogens (tertiary/aromatic N) is 7. The van der Waals surface area contributed by atoms with Crippen molar-refractivity contribution in [3.8, 4) is 33.8 Å². The van der Waals surface area contributed by atoms with Gasteiger partial charge in [0.25, 0.3) is 0 Å². The predicted octanol–water partition coefficient (Wildman–Crippen LogP) is 6.43. The maximum atomic E-state index is 10.2. The van der Waals surface area contributed by atoms with Gasteiger partial charge in [-0.25, -0.2) is 4.98 Å². The van der Waals surface area contributed by atoms with Gasteiger partial charge < -0.3 is 14.6 Å². The third kappa shape index (κ3) is 5.60. The fourth-order valence-electron chi connectivity index (χ4n) is 4.68. The molecule has 0 saturated heterocycles. The molecular formula is C30H31ClN8O. The summed E-state index contributed by atoms with van der Waals surface area (Å²) < 4.78 is 1.95. The standard InChI is InChI=1S/C30H31ClN8O/c1-5-6-7-27-33-29(31)28(19(2)40)39(27)18-20-8-10-21(11-9-20)25-16-22(12-13-24(25)30-34-36-37-35-30)26-17-23(38(3)4)14-15-32-26/h8-17,40H,2,5-7,18H2,1,3-4H3,(H,34,35,36,37). The van der Waals surface area contributed by atoms with E-state index in [-0.39, 0.29) is 10.9 Å². The Morgan fingerprint density at radius 3 is 2.50 bits per heavy atom. The van der Waals surface area contributed by atoms with Crippen LogP contribution in [0.25, 0.3) is 39.5 Å². The number of aryl methyl sites for hydroxylation is 1. The lowest BCUT2D eigenvalue weighted by molar-refractivity contribution is 0.503. The Balaban J connectivity index is 1.52. The molecule has 0 radical (unpaired) electrons. The Morgan fingerprint density at radius 2 is 1.82 bits per heavy atom. The molecule has 0 saturated carbocycles. The van der Waals surface area contributed by atoms with E-state index in [0.717, 1.165) is 64.3 Å². The van der Waals surface area contributed by atoms with Crippen LogP contribution in [0.3, 0.4) is 0 Å². The van der Waals surface area contributed by atoms with Crippen LogP contribution in [0.1, 0.15) is 36.8 Å². The van der Waals surface area contributed by atoms with Crippen molar-refractivity contribution in [2.75, 3.05) is 19.0 Å². The SMILES string of the molecule is C=C(O)c1c(Cl)nc(CCCC)n1Cc1ccc(-c2cc(-c3cc(N(C)C)ccn3)ccc2-c2nn[nH]n2)cc1. The number of benzene rings is 2. The molecule has 0 amide bonds. The van der Waals surface area contributed by atoms with Crippen LogP contribution in [-0.4, -0.2) is 54.4 Å². The Hall–Kier alpha value is -4.50. The summed E-state index contributed by atoms with van der Waals surface area (Å²) in [6, 6.07) is 18.4. The van der Waals surface area contributed by atoms with E-state index >= 15 is 0 Å². The van der Waals surface area contributed by atoms with E-state index in [1.54, 1.807) is 0 Å². The van der Waals surface area contributed by atoms with Crippen LogP contribution < -0.4 is 4.90 Å². The second-order valence-electron chi connectivity index (χ2n) is 9.79. The van der Waals surface area contributed by atoms with Gasteiger partial charge in [0.1, 0.15) is 17.3 Å². The molecule has 40 heavy (non-hydrogen) atoms. The van der Waals surface area contributed by atoms with Crippen LogP contribution in [0.2, 0.25) is 5.15 Å². The summed E-state index contributed by atoms with van der Waals surface area (Å²) >= 11 is 6.37. The highest BCUT2D eigenvalue weighted by Crippen LogP contribution is 2.35. The fraction of sp³-hybridized carbons (Fsp3) is 0.233. The van der Waals surface area contributed by atoms with Crippen molar-refractivity contribution in [1.29, 1.82) is 0 Å². The number of anilines is 1. The zero-order valence-corrected chi connectivity index (χ0v) is 23.5. The Kier molecular flexibility index (Phi) is 7.93. The number of aliphatic hydroxyl groups excluding tert-OH is 1. The first kappa shape index (κ1) is 27.1. The second-order valence-corrected chi connectivity index (χ2v) is 10.1. The second kappa shape index (κ2) is 11.7. The molecule has 2 N–H and O–H groups in total. The summed E-state index contributed by atoms with van der Waals surface area (Å²) in [5.74, 6) is 1.26. The van der Waals surface area contributed by atoms with Gasteiger partial charge >= 0.3 is 0 Å². The van der Waals surface area contributed by atoms with E-state index < -0.39 is 0 Å². The van der Waals surface area contributed by atoms with Crippen LogP contribution in [0.5, 0.6) is 0 Å². The molecule has 9 nitrogen and oxygen atoms in total. The van der Waals surface area contributed by atoms with Gasteiger partial charge in [0, 0.05) is 50.1 Å². The average Bonchev–Trinajstić information content (AvgIpc) is 3.60. The summed E-state index contributed by atoms with van der Waals surface area (Å²) in [5.41, 5.74) is 7.23.